The Balaban J connectivity index is 1.65. The number of aliphatic imine (C=N–C) groups is 1. The second-order valence-electron chi connectivity index (χ2n) is 5.90. The molecular weight excluding hydrogens is 422 g/mol. The van der Waals surface area contributed by atoms with Crippen LogP contribution in [-0.2, 0) is 14.3 Å². The standard InChI is InChI=1S/C16H17N5O6S2/c1-27-8-2-13(23)21(4-8)16(25)11-7-29-15(20-11)9(5-22)19-14(24)10-6-28-12(18-10)3-17-26/h2-3,6,9,11,22,26H,4-5,7H2,1H3,(H,19,24)/b17-3-. The molecule has 1 aromatic rings. The average molecular weight is 439 g/mol. The van der Waals surface area contributed by atoms with Crippen molar-refractivity contribution in [2.75, 3.05) is 26.0 Å². The van der Waals surface area contributed by atoms with Crippen LogP contribution in [0.3, 0.4) is 0 Å². The monoisotopic (exact) mass is 439 g/mol. The van der Waals surface area contributed by atoms with Gasteiger partial charge in [0.15, 0.2) is 0 Å². The van der Waals surface area contributed by atoms with Crippen molar-refractivity contribution in [3.8, 4) is 0 Å². The van der Waals surface area contributed by atoms with Gasteiger partial charge in [-0.2, -0.15) is 0 Å². The highest BCUT2D eigenvalue weighted by Gasteiger charge is 2.37. The molecule has 3 rings (SSSR count). The van der Waals surface area contributed by atoms with Gasteiger partial charge in [-0.25, -0.2) is 4.98 Å². The number of thiazole rings is 1. The highest BCUT2D eigenvalue weighted by Crippen LogP contribution is 2.24. The van der Waals surface area contributed by atoms with E-state index < -0.39 is 36.4 Å². The second kappa shape index (κ2) is 9.15. The van der Waals surface area contributed by atoms with E-state index in [2.05, 4.69) is 20.4 Å². The highest BCUT2D eigenvalue weighted by atomic mass is 32.2. The summed E-state index contributed by atoms with van der Waals surface area (Å²) in [4.78, 5) is 46.2. The fourth-order valence-corrected chi connectivity index (χ4v) is 4.35. The molecule has 0 radical (unpaired) electrons. The van der Waals surface area contributed by atoms with Gasteiger partial charge in [0.1, 0.15) is 34.8 Å². The second-order valence-corrected chi connectivity index (χ2v) is 7.83. The maximum Gasteiger partial charge on any atom is 0.271 e. The molecule has 1 aromatic heterocycles. The Labute approximate surface area is 173 Å². The molecule has 0 saturated heterocycles. The number of ether oxygens (including phenoxy) is 1. The Morgan fingerprint density at radius 2 is 2.34 bits per heavy atom. The molecule has 2 aliphatic rings. The lowest BCUT2D eigenvalue weighted by Crippen LogP contribution is -2.42. The summed E-state index contributed by atoms with van der Waals surface area (Å²) >= 11 is 2.34. The van der Waals surface area contributed by atoms with E-state index in [1.54, 1.807) is 0 Å². The third-order valence-corrected chi connectivity index (χ3v) is 6.01. The maximum absolute atomic E-state index is 12.6. The minimum absolute atomic E-state index is 0.0592. The Morgan fingerprint density at radius 1 is 1.55 bits per heavy atom. The first-order valence-electron chi connectivity index (χ1n) is 8.32. The molecule has 0 bridgehead atoms. The number of methoxy groups -OCH3 is 1. The van der Waals surface area contributed by atoms with Crippen molar-refractivity contribution in [1.82, 2.24) is 15.2 Å². The van der Waals surface area contributed by atoms with Gasteiger partial charge in [-0.3, -0.25) is 24.3 Å². The predicted octanol–water partition coefficient (Wildman–Crippen LogP) is -0.545. The fraction of sp³-hybridized carbons (Fsp3) is 0.375. The minimum Gasteiger partial charge on any atom is -0.499 e. The van der Waals surface area contributed by atoms with Gasteiger partial charge in [-0.05, 0) is 0 Å². The van der Waals surface area contributed by atoms with Crippen molar-refractivity contribution < 1.29 is 29.4 Å². The maximum atomic E-state index is 12.6. The third kappa shape index (κ3) is 4.63. The molecular formula is C16H17N5O6S2. The van der Waals surface area contributed by atoms with Crippen LogP contribution in [0, 0.1) is 0 Å². The zero-order valence-corrected chi connectivity index (χ0v) is 16.8. The number of thioether (sulfide) groups is 1. The van der Waals surface area contributed by atoms with Crippen LogP contribution < -0.4 is 5.32 Å². The van der Waals surface area contributed by atoms with Crippen LogP contribution in [-0.4, -0.2) is 87.3 Å². The minimum atomic E-state index is -0.816. The molecule has 3 N–H and O–H groups in total. The van der Waals surface area contributed by atoms with E-state index in [9.17, 15) is 19.5 Å². The van der Waals surface area contributed by atoms with Gasteiger partial charge in [-0.15, -0.1) is 23.1 Å². The lowest BCUT2D eigenvalue weighted by atomic mass is 10.2. The van der Waals surface area contributed by atoms with Crippen molar-refractivity contribution in [2.24, 2.45) is 10.1 Å². The van der Waals surface area contributed by atoms with Crippen molar-refractivity contribution in [1.29, 1.82) is 0 Å². The molecule has 3 amide bonds. The molecule has 2 atom stereocenters. The Kier molecular flexibility index (Phi) is 6.61. The van der Waals surface area contributed by atoms with Gasteiger partial charge in [0.25, 0.3) is 17.7 Å². The van der Waals surface area contributed by atoms with Gasteiger partial charge in [0, 0.05) is 17.2 Å². The van der Waals surface area contributed by atoms with Gasteiger partial charge in [-0.1, -0.05) is 5.16 Å². The van der Waals surface area contributed by atoms with E-state index in [0.29, 0.717) is 21.6 Å². The highest BCUT2D eigenvalue weighted by molar-refractivity contribution is 8.14. The van der Waals surface area contributed by atoms with Gasteiger partial charge in [0.2, 0.25) is 0 Å². The summed E-state index contributed by atoms with van der Waals surface area (Å²) in [5.74, 6) is -0.776. The molecule has 0 fully saturated rings. The first-order chi connectivity index (χ1) is 14.0. The van der Waals surface area contributed by atoms with Crippen molar-refractivity contribution >= 4 is 52.1 Å². The van der Waals surface area contributed by atoms with E-state index >= 15 is 0 Å². The van der Waals surface area contributed by atoms with Gasteiger partial charge in [0.05, 0.1) is 25.3 Å². The molecule has 29 heavy (non-hydrogen) atoms. The van der Waals surface area contributed by atoms with Crippen LogP contribution >= 0.6 is 23.1 Å². The Hall–Kier alpha value is -2.77. The number of oxime groups is 1. The molecule has 0 spiro atoms. The Morgan fingerprint density at radius 3 is 3.00 bits per heavy atom. The number of carbonyl (C=O) groups excluding carboxylic acids is 3. The molecule has 2 aliphatic heterocycles. The van der Waals surface area contributed by atoms with E-state index in [0.717, 1.165) is 22.5 Å². The number of nitrogens with one attached hydrogen (secondary N) is 1. The number of rotatable bonds is 7. The summed E-state index contributed by atoms with van der Waals surface area (Å²) < 4.78 is 5.00. The molecule has 11 nitrogen and oxygen atoms in total. The topological polar surface area (TPSA) is 154 Å². The average Bonchev–Trinajstić information content (AvgIpc) is 3.45. The molecule has 0 saturated carbocycles. The van der Waals surface area contributed by atoms with Crippen LogP contribution in [0.5, 0.6) is 0 Å². The quantitative estimate of drug-likeness (QED) is 0.221. The number of hydrogen-bond acceptors (Lipinski definition) is 11. The van der Waals surface area contributed by atoms with E-state index in [-0.39, 0.29) is 12.2 Å². The molecule has 2 unspecified atom stereocenters. The number of nitrogens with zero attached hydrogens (tertiary/aromatic N) is 4. The first-order valence-corrected chi connectivity index (χ1v) is 10.2. The van der Waals surface area contributed by atoms with Crippen LogP contribution in [0.25, 0.3) is 0 Å². The Bertz CT molecular complexity index is 911. The van der Waals surface area contributed by atoms with Crippen molar-refractivity contribution in [3.63, 3.8) is 0 Å². The lowest BCUT2D eigenvalue weighted by Gasteiger charge is -2.17. The van der Waals surface area contributed by atoms with Crippen LogP contribution in [0.15, 0.2) is 27.4 Å². The van der Waals surface area contributed by atoms with E-state index in [1.807, 2.05) is 0 Å². The summed E-state index contributed by atoms with van der Waals surface area (Å²) in [6.45, 7) is -0.366. The number of aliphatic hydroxyl groups is 1. The molecule has 3 heterocycles. The fourth-order valence-electron chi connectivity index (χ4n) is 2.61. The number of carbonyl (C=O) groups is 3. The van der Waals surface area contributed by atoms with Crippen LogP contribution in [0.1, 0.15) is 15.5 Å². The molecule has 13 heteroatoms. The van der Waals surface area contributed by atoms with Crippen molar-refractivity contribution in [3.05, 3.63) is 27.9 Å². The lowest BCUT2D eigenvalue weighted by molar-refractivity contribution is -0.141. The van der Waals surface area contributed by atoms with Crippen molar-refractivity contribution in [2.45, 2.75) is 12.1 Å². The number of amides is 3. The number of hydrogen-bond donors (Lipinski definition) is 3. The zero-order valence-electron chi connectivity index (χ0n) is 15.1. The van der Waals surface area contributed by atoms with E-state index in [1.165, 1.54) is 30.3 Å². The zero-order chi connectivity index (χ0) is 21.0. The largest absolute Gasteiger partial charge is 0.499 e. The molecule has 0 aromatic carbocycles. The number of imide groups is 1. The predicted molar refractivity (Wildman–Crippen MR) is 105 cm³/mol. The number of aliphatic hydroxyl groups excluding tert-OH is 1. The summed E-state index contributed by atoms with van der Waals surface area (Å²) in [6.07, 6.45) is 2.35. The molecule has 0 aliphatic carbocycles. The van der Waals surface area contributed by atoms with Gasteiger partial charge >= 0.3 is 0 Å². The SMILES string of the molecule is COC1=CC(=O)N(C(=O)C2CSC(C(CO)NC(=O)c3csc(/C=N\O)n3)=N2)C1. The summed E-state index contributed by atoms with van der Waals surface area (Å²) in [7, 11) is 1.42. The van der Waals surface area contributed by atoms with E-state index in [4.69, 9.17) is 9.94 Å². The van der Waals surface area contributed by atoms with Crippen LogP contribution in [0.2, 0.25) is 0 Å². The first kappa shape index (κ1) is 21.0. The third-order valence-electron chi connectivity index (χ3n) is 4.06. The van der Waals surface area contributed by atoms with Crippen LogP contribution in [0.4, 0.5) is 0 Å². The molecule has 154 valence electrons. The smallest absolute Gasteiger partial charge is 0.271 e. The summed E-state index contributed by atoms with van der Waals surface area (Å²) in [5.41, 5.74) is 0.0976. The normalized spacial score (nSPS) is 20.0. The summed E-state index contributed by atoms with van der Waals surface area (Å²) in [5, 5.41) is 25.8. The summed E-state index contributed by atoms with van der Waals surface area (Å²) in [6, 6.07) is -1.61. The van der Waals surface area contributed by atoms with Gasteiger partial charge < -0.3 is 20.4 Å². The number of aromatic nitrogens is 1.